The first-order chi connectivity index (χ1) is 12.1. The fraction of sp³-hybridized carbons (Fsp3) is 0.600. The molecule has 5 heteroatoms. The minimum Gasteiger partial charge on any atom is -0.355 e. The Morgan fingerprint density at radius 2 is 1.96 bits per heavy atom. The predicted octanol–water partition coefficient (Wildman–Crippen LogP) is 2.95. The van der Waals surface area contributed by atoms with Crippen molar-refractivity contribution in [2.45, 2.75) is 44.9 Å². The lowest BCUT2D eigenvalue weighted by Crippen LogP contribution is -2.41. The minimum atomic E-state index is -0.0827. The van der Waals surface area contributed by atoms with E-state index in [4.69, 9.17) is 0 Å². The van der Waals surface area contributed by atoms with Crippen molar-refractivity contribution in [1.82, 2.24) is 15.5 Å². The Kier molecular flexibility index (Phi) is 5.61. The topological polar surface area (TPSA) is 61.4 Å². The number of urea groups is 1. The second-order valence-corrected chi connectivity index (χ2v) is 7.49. The summed E-state index contributed by atoms with van der Waals surface area (Å²) in [6.07, 6.45) is 8.44. The molecule has 1 heterocycles. The average molecular weight is 343 g/mol. The van der Waals surface area contributed by atoms with Crippen molar-refractivity contribution in [3.63, 3.8) is 0 Å². The number of nitrogens with one attached hydrogen (secondary N) is 2. The molecule has 1 aliphatic heterocycles. The summed E-state index contributed by atoms with van der Waals surface area (Å²) >= 11 is 0. The van der Waals surface area contributed by atoms with E-state index in [1.807, 2.05) is 23.1 Å². The molecule has 136 valence electrons. The maximum absolute atomic E-state index is 12.4. The van der Waals surface area contributed by atoms with Crippen LogP contribution in [0.3, 0.4) is 0 Å². The molecule has 3 rings (SSSR count). The lowest BCUT2D eigenvalue weighted by Gasteiger charge is -2.33. The first-order valence-electron chi connectivity index (χ1n) is 9.46. The van der Waals surface area contributed by atoms with Gasteiger partial charge in [0.1, 0.15) is 0 Å². The summed E-state index contributed by atoms with van der Waals surface area (Å²) in [6, 6.07) is 7.62. The number of amides is 3. The van der Waals surface area contributed by atoms with Gasteiger partial charge in [0, 0.05) is 32.2 Å². The Morgan fingerprint density at radius 3 is 2.72 bits per heavy atom. The van der Waals surface area contributed by atoms with Gasteiger partial charge in [-0.15, -0.1) is 0 Å². The molecule has 0 radical (unpaired) electrons. The molecule has 2 N–H and O–H groups in total. The van der Waals surface area contributed by atoms with Gasteiger partial charge >= 0.3 is 6.03 Å². The highest BCUT2D eigenvalue weighted by Gasteiger charge is 2.40. The molecule has 1 aromatic carbocycles. The molecule has 1 aliphatic carbocycles. The first-order valence-corrected chi connectivity index (χ1v) is 9.46. The fourth-order valence-corrected chi connectivity index (χ4v) is 4.26. The van der Waals surface area contributed by atoms with Gasteiger partial charge in [-0.2, -0.15) is 0 Å². The summed E-state index contributed by atoms with van der Waals surface area (Å²) in [5.74, 6) is -0.0827. The van der Waals surface area contributed by atoms with Gasteiger partial charge in [-0.05, 0) is 48.8 Å². The van der Waals surface area contributed by atoms with E-state index in [9.17, 15) is 9.59 Å². The van der Waals surface area contributed by atoms with E-state index in [-0.39, 0.29) is 11.9 Å². The summed E-state index contributed by atoms with van der Waals surface area (Å²) in [7, 11) is 1.63. The van der Waals surface area contributed by atoms with Crippen molar-refractivity contribution in [3.8, 4) is 0 Å². The van der Waals surface area contributed by atoms with E-state index in [1.54, 1.807) is 13.1 Å². The van der Waals surface area contributed by atoms with Gasteiger partial charge < -0.3 is 15.5 Å². The highest BCUT2D eigenvalue weighted by molar-refractivity contribution is 5.94. The summed E-state index contributed by atoms with van der Waals surface area (Å²) in [6.45, 7) is 2.41. The van der Waals surface area contributed by atoms with Crippen LogP contribution in [-0.4, -0.2) is 43.5 Å². The largest absolute Gasteiger partial charge is 0.355 e. The number of hydrogen-bond acceptors (Lipinski definition) is 2. The van der Waals surface area contributed by atoms with Gasteiger partial charge in [0.15, 0.2) is 0 Å². The van der Waals surface area contributed by atoms with Crippen LogP contribution in [0.1, 0.15) is 54.4 Å². The van der Waals surface area contributed by atoms with Gasteiger partial charge in [0.05, 0.1) is 0 Å². The molecule has 1 saturated carbocycles. The van der Waals surface area contributed by atoms with Gasteiger partial charge in [0.25, 0.3) is 5.91 Å². The number of likely N-dealkylation sites (tertiary alicyclic amines) is 1. The van der Waals surface area contributed by atoms with Gasteiger partial charge in [-0.25, -0.2) is 4.79 Å². The van der Waals surface area contributed by atoms with Crippen LogP contribution >= 0.6 is 0 Å². The molecule has 1 spiro atoms. The molecule has 1 aromatic rings. The van der Waals surface area contributed by atoms with Crippen molar-refractivity contribution in [1.29, 1.82) is 0 Å². The molecule has 2 fully saturated rings. The van der Waals surface area contributed by atoms with Crippen molar-refractivity contribution in [3.05, 3.63) is 35.4 Å². The third-order valence-electron chi connectivity index (χ3n) is 5.75. The second kappa shape index (κ2) is 7.89. The van der Waals surface area contributed by atoms with E-state index >= 15 is 0 Å². The molecule has 5 nitrogen and oxygen atoms in total. The van der Waals surface area contributed by atoms with Crippen LogP contribution in [0.25, 0.3) is 0 Å². The van der Waals surface area contributed by atoms with Crippen LogP contribution in [-0.2, 0) is 6.42 Å². The smallest absolute Gasteiger partial charge is 0.317 e. The normalized spacial score (nSPS) is 19.0. The third-order valence-corrected chi connectivity index (χ3v) is 5.75. The Morgan fingerprint density at radius 1 is 1.16 bits per heavy atom. The van der Waals surface area contributed by atoms with E-state index in [0.717, 1.165) is 31.5 Å². The Hall–Kier alpha value is -2.04. The number of benzene rings is 1. The van der Waals surface area contributed by atoms with Gasteiger partial charge in [-0.1, -0.05) is 31.4 Å². The molecular formula is C20H29N3O2. The third kappa shape index (κ3) is 4.33. The van der Waals surface area contributed by atoms with Crippen LogP contribution in [0, 0.1) is 5.41 Å². The quantitative estimate of drug-likeness (QED) is 0.883. The number of carbonyl (C=O) groups excluding carboxylic acids is 2. The van der Waals surface area contributed by atoms with E-state index in [1.165, 1.54) is 32.1 Å². The van der Waals surface area contributed by atoms with Crippen molar-refractivity contribution < 1.29 is 9.59 Å². The standard InChI is InChI=1S/C20H29N3O2/c1-21-18(24)17-7-5-6-16(14-17)8-12-22-19(25)23-13-11-20(15-23)9-3-2-4-10-20/h5-7,14H,2-4,8-13,15H2,1H3,(H,21,24)(H,22,25). The minimum absolute atomic E-state index is 0.0601. The summed E-state index contributed by atoms with van der Waals surface area (Å²) in [5, 5.41) is 5.68. The molecular weight excluding hydrogens is 314 g/mol. The average Bonchev–Trinajstić information content (AvgIpc) is 3.05. The fourth-order valence-electron chi connectivity index (χ4n) is 4.26. The highest BCUT2D eigenvalue weighted by atomic mass is 16.2. The zero-order valence-corrected chi connectivity index (χ0v) is 15.1. The Bertz CT molecular complexity index is 623. The summed E-state index contributed by atoms with van der Waals surface area (Å²) in [5.41, 5.74) is 2.12. The monoisotopic (exact) mass is 343 g/mol. The maximum Gasteiger partial charge on any atom is 0.317 e. The molecule has 0 bridgehead atoms. The van der Waals surface area contributed by atoms with E-state index < -0.39 is 0 Å². The van der Waals surface area contributed by atoms with E-state index in [2.05, 4.69) is 10.6 Å². The lowest BCUT2D eigenvalue weighted by molar-refractivity contribution is 0.0963. The summed E-state index contributed by atoms with van der Waals surface area (Å²) < 4.78 is 0. The Balaban J connectivity index is 1.46. The van der Waals surface area contributed by atoms with Crippen LogP contribution in [0.2, 0.25) is 0 Å². The molecule has 3 amide bonds. The number of carbonyl (C=O) groups is 2. The molecule has 0 unspecified atom stereocenters. The van der Waals surface area contributed by atoms with Crippen molar-refractivity contribution >= 4 is 11.9 Å². The van der Waals surface area contributed by atoms with Crippen molar-refractivity contribution in [2.75, 3.05) is 26.7 Å². The van der Waals surface area contributed by atoms with Gasteiger partial charge in [-0.3, -0.25) is 4.79 Å². The molecule has 2 aliphatic rings. The number of nitrogens with zero attached hydrogens (tertiary/aromatic N) is 1. The Labute approximate surface area is 150 Å². The van der Waals surface area contributed by atoms with Crippen LogP contribution < -0.4 is 10.6 Å². The SMILES string of the molecule is CNC(=O)c1cccc(CCNC(=O)N2CCC3(CCCCC3)C2)c1. The first kappa shape index (κ1) is 17.8. The molecule has 0 atom stereocenters. The second-order valence-electron chi connectivity index (χ2n) is 7.49. The number of hydrogen-bond donors (Lipinski definition) is 2. The van der Waals surface area contributed by atoms with Crippen LogP contribution in [0.15, 0.2) is 24.3 Å². The predicted molar refractivity (Wildman–Crippen MR) is 98.6 cm³/mol. The van der Waals surface area contributed by atoms with Gasteiger partial charge in [0.2, 0.25) is 0 Å². The highest BCUT2D eigenvalue weighted by Crippen LogP contribution is 2.43. The molecule has 25 heavy (non-hydrogen) atoms. The van der Waals surface area contributed by atoms with Crippen molar-refractivity contribution in [2.24, 2.45) is 5.41 Å². The number of rotatable bonds is 4. The maximum atomic E-state index is 12.4. The van der Waals surface area contributed by atoms with Crippen LogP contribution in [0.5, 0.6) is 0 Å². The zero-order chi connectivity index (χ0) is 17.7. The molecule has 1 saturated heterocycles. The zero-order valence-electron chi connectivity index (χ0n) is 15.1. The van der Waals surface area contributed by atoms with E-state index in [0.29, 0.717) is 17.5 Å². The molecule has 0 aromatic heterocycles. The lowest BCUT2D eigenvalue weighted by atomic mass is 9.73. The summed E-state index contributed by atoms with van der Waals surface area (Å²) in [4.78, 5) is 26.1. The van der Waals surface area contributed by atoms with Crippen LogP contribution in [0.4, 0.5) is 4.79 Å².